The van der Waals surface area contributed by atoms with E-state index in [1.807, 2.05) is 48.5 Å². The van der Waals surface area contributed by atoms with E-state index in [9.17, 15) is 0 Å². The average Bonchev–Trinajstić information content (AvgIpc) is 2.67. The van der Waals surface area contributed by atoms with Gasteiger partial charge < -0.3 is 20.9 Å². The second-order valence-electron chi connectivity index (χ2n) is 7.25. The zero-order valence-corrected chi connectivity index (χ0v) is 20.4. The van der Waals surface area contributed by atoms with Crippen molar-refractivity contribution < 1.29 is 9.47 Å². The maximum Gasteiger partial charge on any atom is 0.170 e. The highest BCUT2D eigenvalue weighted by atomic mass is 128. The van der Waals surface area contributed by atoms with Crippen molar-refractivity contribution in [3.8, 4) is 23.0 Å². The molecule has 0 atom stereocenters. The largest absolute Gasteiger partial charge is 0.453 e. The van der Waals surface area contributed by atoms with Gasteiger partial charge in [0.05, 0.1) is 0 Å². The van der Waals surface area contributed by atoms with E-state index in [4.69, 9.17) is 20.9 Å². The van der Waals surface area contributed by atoms with Crippen LogP contribution in [0.4, 0.5) is 11.4 Å². The van der Waals surface area contributed by atoms with Crippen molar-refractivity contribution in [2.45, 2.75) is 26.2 Å². The molecule has 0 spiro atoms. The van der Waals surface area contributed by atoms with E-state index in [1.165, 1.54) is 0 Å². The summed E-state index contributed by atoms with van der Waals surface area (Å²) in [5.74, 6) is 2.69. The molecule has 0 heterocycles. The van der Waals surface area contributed by atoms with Gasteiger partial charge in [0.25, 0.3) is 0 Å². The predicted molar refractivity (Wildman–Crippen MR) is 135 cm³/mol. The fraction of sp³-hybridized carbons (Fsp3) is 0.182. The van der Waals surface area contributed by atoms with Crippen LogP contribution >= 0.6 is 37.2 Å². The maximum atomic E-state index is 6.09. The summed E-state index contributed by atoms with van der Waals surface area (Å²) < 4.78 is 12.1. The molecule has 4 N–H and O–H groups in total. The van der Waals surface area contributed by atoms with Crippen LogP contribution in [0.3, 0.4) is 0 Å². The lowest BCUT2D eigenvalue weighted by Gasteiger charge is -2.21. The molecule has 0 unspecified atom stereocenters. The van der Waals surface area contributed by atoms with Crippen LogP contribution in [-0.4, -0.2) is 0 Å². The van der Waals surface area contributed by atoms with Gasteiger partial charge in [-0.05, 0) is 71.6 Å². The molecule has 148 valence electrons. The van der Waals surface area contributed by atoms with Gasteiger partial charge in [-0.15, -0.1) is 0 Å². The smallest absolute Gasteiger partial charge is 0.170 e. The van der Waals surface area contributed by atoms with Gasteiger partial charge in [-0.3, -0.25) is 0 Å². The van der Waals surface area contributed by atoms with Crippen molar-refractivity contribution >= 4 is 48.6 Å². The molecule has 28 heavy (non-hydrogen) atoms. The molecule has 0 aliphatic carbocycles. The molecule has 0 saturated heterocycles. The molecular weight excluding hydrogens is 578 g/mol. The van der Waals surface area contributed by atoms with Gasteiger partial charge >= 0.3 is 0 Å². The molecule has 0 bridgehead atoms. The SMILES string of the molecule is CC(C)(C)c1ccc(Oc2ccc(N)cc2)c(Oc2ccc(N)cc2)c1.II. The highest BCUT2D eigenvalue weighted by Gasteiger charge is 2.17. The number of benzene rings is 3. The summed E-state index contributed by atoms with van der Waals surface area (Å²) in [7, 11) is 0. The molecule has 3 rings (SSSR count). The quantitative estimate of drug-likeness (QED) is 0.240. The monoisotopic (exact) mass is 602 g/mol. The van der Waals surface area contributed by atoms with E-state index in [0.717, 1.165) is 5.56 Å². The molecule has 3 aromatic rings. The molecule has 6 heteroatoms. The molecule has 0 aliphatic rings. The topological polar surface area (TPSA) is 70.5 Å². The number of hydrogen-bond donors (Lipinski definition) is 2. The zero-order valence-electron chi connectivity index (χ0n) is 16.1. The van der Waals surface area contributed by atoms with Crippen molar-refractivity contribution in [3.63, 3.8) is 0 Å². The number of halogens is 2. The minimum atomic E-state index is -0.00104. The first kappa shape index (κ1) is 22.6. The minimum Gasteiger partial charge on any atom is -0.453 e. The summed E-state index contributed by atoms with van der Waals surface area (Å²) in [6.07, 6.45) is 0. The van der Waals surface area contributed by atoms with E-state index >= 15 is 0 Å². The average molecular weight is 602 g/mol. The number of rotatable bonds is 4. The third kappa shape index (κ3) is 6.44. The Balaban J connectivity index is 0.00000136. The summed E-state index contributed by atoms with van der Waals surface area (Å²) in [6.45, 7) is 6.49. The maximum absolute atomic E-state index is 6.09. The standard InChI is InChI=1S/C22H24N2O2.I2/c1-22(2,3)15-4-13-20(25-18-9-5-16(23)6-10-18)21(14-15)26-19-11-7-17(24)8-12-19;1-2/h4-14H,23-24H2,1-3H3;. The number of hydrogen-bond acceptors (Lipinski definition) is 4. The Morgan fingerprint density at radius 3 is 1.50 bits per heavy atom. The van der Waals surface area contributed by atoms with E-state index in [2.05, 4.69) is 64.1 Å². The Hall–Kier alpha value is -1.68. The van der Waals surface area contributed by atoms with Crippen molar-refractivity contribution in [1.82, 2.24) is 0 Å². The van der Waals surface area contributed by atoms with Crippen LogP contribution in [0.5, 0.6) is 23.0 Å². The van der Waals surface area contributed by atoms with Crippen molar-refractivity contribution in [2.24, 2.45) is 0 Å². The summed E-state index contributed by atoms with van der Waals surface area (Å²) >= 11 is 4.24. The summed E-state index contributed by atoms with van der Waals surface area (Å²) in [5.41, 5.74) is 14.0. The predicted octanol–water partition coefficient (Wildman–Crippen LogP) is 7.50. The van der Waals surface area contributed by atoms with Gasteiger partial charge in [0, 0.05) is 48.6 Å². The minimum absolute atomic E-state index is 0.00104. The van der Waals surface area contributed by atoms with Crippen molar-refractivity contribution in [3.05, 3.63) is 72.3 Å². The lowest BCUT2D eigenvalue weighted by Crippen LogP contribution is -2.11. The summed E-state index contributed by atoms with van der Waals surface area (Å²) in [6, 6.07) is 20.6. The first-order chi connectivity index (χ1) is 13.3. The van der Waals surface area contributed by atoms with Crippen molar-refractivity contribution in [2.75, 3.05) is 11.5 Å². The highest BCUT2D eigenvalue weighted by molar-refractivity contribution is 15.0. The third-order valence-electron chi connectivity index (χ3n) is 4.03. The molecule has 0 aliphatic heterocycles. The Bertz CT molecular complexity index is 890. The van der Waals surface area contributed by atoms with Gasteiger partial charge in [-0.1, -0.05) is 26.8 Å². The van der Waals surface area contributed by atoms with Gasteiger partial charge in [-0.2, -0.15) is 0 Å². The lowest BCUT2D eigenvalue weighted by atomic mass is 9.87. The summed E-state index contributed by atoms with van der Waals surface area (Å²) in [5, 5.41) is 0. The Morgan fingerprint density at radius 1 is 0.643 bits per heavy atom. The van der Waals surface area contributed by atoms with Gasteiger partial charge in [-0.25, -0.2) is 0 Å². The van der Waals surface area contributed by atoms with Crippen molar-refractivity contribution in [1.29, 1.82) is 0 Å². The van der Waals surface area contributed by atoms with Crippen LogP contribution in [0.2, 0.25) is 0 Å². The first-order valence-corrected chi connectivity index (χ1v) is 15.0. The van der Waals surface area contributed by atoms with E-state index in [-0.39, 0.29) is 5.41 Å². The zero-order chi connectivity index (χ0) is 20.7. The van der Waals surface area contributed by atoms with E-state index < -0.39 is 0 Å². The normalized spacial score (nSPS) is 10.6. The van der Waals surface area contributed by atoms with Crippen LogP contribution in [-0.2, 0) is 5.41 Å². The second-order valence-corrected chi connectivity index (χ2v) is 7.25. The molecule has 3 aromatic carbocycles. The Morgan fingerprint density at radius 2 is 1.07 bits per heavy atom. The Kier molecular flexibility index (Phi) is 8.23. The van der Waals surface area contributed by atoms with Gasteiger partial charge in [0.1, 0.15) is 11.5 Å². The number of nitrogen functional groups attached to an aromatic ring is 2. The molecular formula is C22H24I2N2O2. The third-order valence-corrected chi connectivity index (χ3v) is 4.03. The van der Waals surface area contributed by atoms with Gasteiger partial charge in [0.15, 0.2) is 11.5 Å². The van der Waals surface area contributed by atoms with E-state index in [1.54, 1.807) is 12.1 Å². The molecule has 0 amide bonds. The van der Waals surface area contributed by atoms with E-state index in [0.29, 0.717) is 34.4 Å². The lowest BCUT2D eigenvalue weighted by molar-refractivity contribution is 0.416. The fourth-order valence-electron chi connectivity index (χ4n) is 2.46. The molecule has 0 saturated carbocycles. The Labute approximate surface area is 189 Å². The van der Waals surface area contributed by atoms with Crippen LogP contribution in [0, 0.1) is 0 Å². The van der Waals surface area contributed by atoms with Crippen LogP contribution in [0.1, 0.15) is 26.3 Å². The second kappa shape index (κ2) is 10.2. The molecule has 0 fully saturated rings. The number of nitrogens with two attached hydrogens (primary N) is 2. The molecule has 0 radical (unpaired) electrons. The van der Waals surface area contributed by atoms with Crippen LogP contribution < -0.4 is 20.9 Å². The highest BCUT2D eigenvalue weighted by Crippen LogP contribution is 2.38. The number of anilines is 2. The molecule has 0 aromatic heterocycles. The summed E-state index contributed by atoms with van der Waals surface area (Å²) in [4.78, 5) is 0. The van der Waals surface area contributed by atoms with Crippen LogP contribution in [0.15, 0.2) is 66.7 Å². The fourth-order valence-corrected chi connectivity index (χ4v) is 2.46. The van der Waals surface area contributed by atoms with Gasteiger partial charge in [0.2, 0.25) is 0 Å². The first-order valence-electron chi connectivity index (χ1n) is 8.67. The number of ether oxygens (including phenoxy) is 2. The van der Waals surface area contributed by atoms with Crippen LogP contribution in [0.25, 0.3) is 0 Å². The molecule has 4 nitrogen and oxygen atoms in total.